The normalized spacial score (nSPS) is 15.7. The van der Waals surface area contributed by atoms with Crippen LogP contribution < -0.4 is 15.4 Å². The average Bonchev–Trinajstić information content (AvgIpc) is 3.13. The van der Waals surface area contributed by atoms with E-state index in [1.165, 1.54) is 11.3 Å². The maximum Gasteiger partial charge on any atom is 0.271 e. The van der Waals surface area contributed by atoms with Gasteiger partial charge in [-0.05, 0) is 55.1 Å². The Kier molecular flexibility index (Phi) is 5.72. The summed E-state index contributed by atoms with van der Waals surface area (Å²) in [4.78, 5) is 12.1. The first kappa shape index (κ1) is 17.9. The average molecular weight is 380 g/mol. The topological polar surface area (TPSA) is 87.3 Å². The molecule has 1 saturated heterocycles. The third-order valence-corrected chi connectivity index (χ3v) is 6.81. The van der Waals surface area contributed by atoms with Gasteiger partial charge in [-0.2, -0.15) is 0 Å². The number of anilines is 1. The Balaban J connectivity index is 1.56. The van der Waals surface area contributed by atoms with E-state index in [9.17, 15) is 13.2 Å². The molecule has 0 radical (unpaired) electrons. The summed E-state index contributed by atoms with van der Waals surface area (Å²) >= 11 is 1.17. The van der Waals surface area contributed by atoms with Gasteiger partial charge in [0.15, 0.2) is 0 Å². The van der Waals surface area contributed by atoms with Crippen LogP contribution in [0, 0.1) is 0 Å². The summed E-state index contributed by atoms with van der Waals surface area (Å²) in [5.41, 5.74) is 1.33. The van der Waals surface area contributed by atoms with E-state index in [0.29, 0.717) is 12.1 Å². The van der Waals surface area contributed by atoms with Crippen molar-refractivity contribution in [3.63, 3.8) is 0 Å². The maximum absolute atomic E-state index is 12.2. The van der Waals surface area contributed by atoms with Crippen LogP contribution in [0.15, 0.2) is 46.0 Å². The monoisotopic (exact) mass is 379 g/mol. The Hall–Kier alpha value is -1.90. The molecule has 134 valence electrons. The predicted molar refractivity (Wildman–Crippen MR) is 99.3 cm³/mol. The Morgan fingerprint density at radius 2 is 1.88 bits per heavy atom. The van der Waals surface area contributed by atoms with Crippen LogP contribution in [-0.2, 0) is 21.2 Å². The number of nitrogens with one attached hydrogen (secondary N) is 3. The lowest BCUT2D eigenvalue weighted by Crippen LogP contribution is -2.43. The summed E-state index contributed by atoms with van der Waals surface area (Å²) in [6, 6.07) is 10.4. The predicted octanol–water partition coefficient (Wildman–Crippen LogP) is 1.96. The van der Waals surface area contributed by atoms with Crippen molar-refractivity contribution in [2.45, 2.75) is 29.5 Å². The summed E-state index contributed by atoms with van der Waals surface area (Å²) in [5.74, 6) is -0.00110. The number of rotatable bonds is 6. The first-order valence-electron chi connectivity index (χ1n) is 8.18. The van der Waals surface area contributed by atoms with Crippen LogP contribution in [0.25, 0.3) is 0 Å². The zero-order valence-electron chi connectivity index (χ0n) is 13.7. The van der Waals surface area contributed by atoms with Crippen molar-refractivity contribution in [2.24, 2.45) is 0 Å². The van der Waals surface area contributed by atoms with Gasteiger partial charge in [0.1, 0.15) is 4.21 Å². The summed E-state index contributed by atoms with van der Waals surface area (Å²) in [5, 5.41) is 8.04. The van der Waals surface area contributed by atoms with Gasteiger partial charge in [-0.15, -0.1) is 11.3 Å². The highest BCUT2D eigenvalue weighted by Gasteiger charge is 2.16. The van der Waals surface area contributed by atoms with E-state index in [-0.39, 0.29) is 16.2 Å². The third-order valence-electron chi connectivity index (χ3n) is 4.04. The van der Waals surface area contributed by atoms with Crippen molar-refractivity contribution in [3.8, 4) is 0 Å². The number of benzene rings is 1. The highest BCUT2D eigenvalue weighted by atomic mass is 32.2. The van der Waals surface area contributed by atoms with Crippen molar-refractivity contribution in [1.82, 2.24) is 10.6 Å². The minimum absolute atomic E-state index is 0.00110. The summed E-state index contributed by atoms with van der Waals surface area (Å²) < 4.78 is 27.2. The molecule has 1 fully saturated rings. The Morgan fingerprint density at radius 3 is 2.52 bits per heavy atom. The van der Waals surface area contributed by atoms with Crippen molar-refractivity contribution in [3.05, 3.63) is 47.3 Å². The number of carbonyl (C=O) groups is 1. The molecular weight excluding hydrogens is 358 g/mol. The van der Waals surface area contributed by atoms with Crippen molar-refractivity contribution >= 4 is 33.0 Å². The molecule has 1 aromatic heterocycles. The molecule has 0 aliphatic carbocycles. The molecule has 3 N–H and O–H groups in total. The quantitative estimate of drug-likeness (QED) is 0.716. The number of carbonyl (C=O) groups excluding carboxylic acids is 1. The van der Waals surface area contributed by atoms with Crippen LogP contribution in [0.1, 0.15) is 18.4 Å². The largest absolute Gasteiger partial charge is 0.353 e. The summed E-state index contributed by atoms with van der Waals surface area (Å²) in [7, 11) is -3.54. The lowest BCUT2D eigenvalue weighted by atomic mass is 10.1. The van der Waals surface area contributed by atoms with Crippen LogP contribution in [0.5, 0.6) is 0 Å². The molecular formula is C17H21N3O3S2. The molecule has 1 aliphatic heterocycles. The third kappa shape index (κ3) is 5.04. The number of amides is 1. The fourth-order valence-corrected chi connectivity index (χ4v) is 4.79. The van der Waals surface area contributed by atoms with E-state index in [1.807, 2.05) is 0 Å². The molecule has 1 aliphatic rings. The molecule has 1 aromatic carbocycles. The first-order chi connectivity index (χ1) is 12.0. The molecule has 6 nitrogen and oxygen atoms in total. The minimum atomic E-state index is -3.54. The van der Waals surface area contributed by atoms with Gasteiger partial charge in [0.2, 0.25) is 5.91 Å². The molecule has 0 spiro atoms. The van der Waals surface area contributed by atoms with Gasteiger partial charge in [-0.3, -0.25) is 9.52 Å². The van der Waals surface area contributed by atoms with Crippen LogP contribution in [-0.4, -0.2) is 33.5 Å². The second-order valence-corrected chi connectivity index (χ2v) is 8.86. The highest BCUT2D eigenvalue weighted by Crippen LogP contribution is 2.20. The van der Waals surface area contributed by atoms with Crippen molar-refractivity contribution in [1.29, 1.82) is 0 Å². The number of hydrogen-bond donors (Lipinski definition) is 3. The molecule has 0 unspecified atom stereocenters. The molecule has 2 aromatic rings. The van der Waals surface area contributed by atoms with Gasteiger partial charge < -0.3 is 10.6 Å². The summed E-state index contributed by atoms with van der Waals surface area (Å²) in [6.45, 7) is 1.87. The van der Waals surface area contributed by atoms with Gasteiger partial charge in [-0.25, -0.2) is 8.42 Å². The van der Waals surface area contributed by atoms with Gasteiger partial charge in [-0.1, -0.05) is 18.2 Å². The van der Waals surface area contributed by atoms with Crippen LogP contribution in [0.4, 0.5) is 5.69 Å². The van der Waals surface area contributed by atoms with E-state index < -0.39 is 10.0 Å². The van der Waals surface area contributed by atoms with Crippen LogP contribution >= 0.6 is 11.3 Å². The second-order valence-electron chi connectivity index (χ2n) is 6.00. The van der Waals surface area contributed by atoms with E-state index in [0.717, 1.165) is 31.5 Å². The minimum Gasteiger partial charge on any atom is -0.353 e. The van der Waals surface area contributed by atoms with Crippen LogP contribution in [0.3, 0.4) is 0 Å². The van der Waals surface area contributed by atoms with Gasteiger partial charge in [0, 0.05) is 11.7 Å². The molecule has 25 heavy (non-hydrogen) atoms. The SMILES string of the molecule is O=C(Cc1ccc(NS(=O)(=O)c2cccs2)cc1)NC1CCNCC1. The molecule has 2 heterocycles. The maximum atomic E-state index is 12.2. The fourth-order valence-electron chi connectivity index (χ4n) is 2.74. The molecule has 0 bridgehead atoms. The molecule has 0 saturated carbocycles. The van der Waals surface area contributed by atoms with E-state index in [1.54, 1.807) is 41.8 Å². The smallest absolute Gasteiger partial charge is 0.271 e. The van der Waals surface area contributed by atoms with Crippen LogP contribution in [0.2, 0.25) is 0 Å². The number of sulfonamides is 1. The van der Waals surface area contributed by atoms with E-state index in [4.69, 9.17) is 0 Å². The Morgan fingerprint density at radius 1 is 1.16 bits per heavy atom. The first-order valence-corrected chi connectivity index (χ1v) is 10.5. The van der Waals surface area contributed by atoms with Gasteiger partial charge >= 0.3 is 0 Å². The number of hydrogen-bond acceptors (Lipinski definition) is 5. The Labute approximate surface area is 151 Å². The molecule has 0 atom stereocenters. The highest BCUT2D eigenvalue weighted by molar-refractivity contribution is 7.94. The Bertz CT molecular complexity index is 796. The standard InChI is InChI=1S/C17H21N3O3S2/c21-16(19-14-7-9-18-10-8-14)12-13-3-5-15(6-4-13)20-25(22,23)17-2-1-11-24-17/h1-6,11,14,18,20H,7-10,12H2,(H,19,21). The van der Waals surface area contributed by atoms with E-state index >= 15 is 0 Å². The zero-order valence-corrected chi connectivity index (χ0v) is 15.3. The zero-order chi connectivity index (χ0) is 17.7. The lowest BCUT2D eigenvalue weighted by molar-refractivity contribution is -0.121. The van der Waals surface area contributed by atoms with Crippen molar-refractivity contribution in [2.75, 3.05) is 17.8 Å². The second kappa shape index (κ2) is 7.99. The number of piperidine rings is 1. The van der Waals surface area contributed by atoms with Crippen molar-refractivity contribution < 1.29 is 13.2 Å². The molecule has 1 amide bonds. The molecule has 8 heteroatoms. The number of thiophene rings is 1. The van der Waals surface area contributed by atoms with E-state index in [2.05, 4.69) is 15.4 Å². The fraction of sp³-hybridized carbons (Fsp3) is 0.353. The lowest BCUT2D eigenvalue weighted by Gasteiger charge is -2.23. The van der Waals surface area contributed by atoms with Gasteiger partial charge in [0.25, 0.3) is 10.0 Å². The molecule has 3 rings (SSSR count). The summed E-state index contributed by atoms with van der Waals surface area (Å²) in [6.07, 6.45) is 2.20. The van der Waals surface area contributed by atoms with Gasteiger partial charge in [0.05, 0.1) is 6.42 Å².